The number of benzene rings is 2. The van der Waals surface area contributed by atoms with Gasteiger partial charge in [-0.05, 0) is 48.6 Å². The summed E-state index contributed by atoms with van der Waals surface area (Å²) in [6.45, 7) is 0. The van der Waals surface area contributed by atoms with Gasteiger partial charge < -0.3 is 4.74 Å². The van der Waals surface area contributed by atoms with Gasteiger partial charge in [0, 0.05) is 0 Å². The Morgan fingerprint density at radius 3 is 2.43 bits per heavy atom. The number of hydrogen-bond donors (Lipinski definition) is 1. The van der Waals surface area contributed by atoms with E-state index in [1.165, 1.54) is 19.2 Å². The van der Waals surface area contributed by atoms with Crippen LogP contribution in [-0.4, -0.2) is 20.7 Å². The summed E-state index contributed by atoms with van der Waals surface area (Å²) in [5, 5.41) is 2.22. The van der Waals surface area contributed by atoms with Gasteiger partial charge in [0.2, 0.25) is 0 Å². The van der Waals surface area contributed by atoms with Crippen LogP contribution in [-0.2, 0) is 10.0 Å². The fourth-order valence-electron chi connectivity index (χ4n) is 1.69. The number of nitrogens with zero attached hydrogens (tertiary/aromatic N) is 1. The van der Waals surface area contributed by atoms with E-state index in [1.807, 2.05) is 0 Å². The maximum absolute atomic E-state index is 12.3. The van der Waals surface area contributed by atoms with Gasteiger partial charge in [-0.25, -0.2) is 8.42 Å². The van der Waals surface area contributed by atoms with Crippen molar-refractivity contribution in [2.24, 2.45) is 4.99 Å². The first-order chi connectivity index (χ1) is 10.1. The number of hydrogen-bond acceptors (Lipinski definition) is 5. The molecule has 0 aliphatic carbocycles. The van der Waals surface area contributed by atoms with Crippen molar-refractivity contribution in [2.45, 2.75) is 4.90 Å². The lowest BCUT2D eigenvalue weighted by molar-refractivity contribution is 0.417. The van der Waals surface area contributed by atoms with Crippen molar-refractivity contribution in [3.63, 3.8) is 0 Å². The Hall–Kier alpha value is -2.21. The zero-order valence-corrected chi connectivity index (χ0v) is 12.7. The van der Waals surface area contributed by atoms with Gasteiger partial charge in [0.15, 0.2) is 0 Å². The molecule has 2 aromatic carbocycles. The van der Waals surface area contributed by atoms with Gasteiger partial charge in [0.1, 0.15) is 5.75 Å². The highest BCUT2D eigenvalue weighted by Crippen LogP contribution is 2.26. The van der Waals surface area contributed by atoms with E-state index in [2.05, 4.69) is 27.1 Å². The molecule has 1 N–H and O–H groups in total. The first-order valence-corrected chi connectivity index (χ1v) is 7.80. The standard InChI is InChI=1S/C14H12N2O3S2/c1-19-14-5-3-2-4-13(14)16-21(17,18)12-8-6-11(7-9-12)15-10-20/h2-9,16H,1H3. The zero-order chi connectivity index (χ0) is 15.3. The molecule has 0 unspecified atom stereocenters. The Morgan fingerprint density at radius 2 is 1.81 bits per heavy atom. The van der Waals surface area contributed by atoms with Crippen LogP contribution in [0.25, 0.3) is 0 Å². The smallest absolute Gasteiger partial charge is 0.262 e. The summed E-state index contributed by atoms with van der Waals surface area (Å²) in [7, 11) is -2.22. The summed E-state index contributed by atoms with van der Waals surface area (Å²) in [5.74, 6) is 0.447. The number of para-hydroxylation sites is 2. The third-order valence-electron chi connectivity index (χ3n) is 2.67. The normalized spacial score (nSPS) is 10.5. The van der Waals surface area contributed by atoms with Gasteiger partial charge in [-0.15, -0.1) is 0 Å². The Morgan fingerprint density at radius 1 is 1.14 bits per heavy atom. The van der Waals surface area contributed by atoms with Crippen molar-refractivity contribution < 1.29 is 13.2 Å². The molecular formula is C14H12N2O3S2. The first-order valence-electron chi connectivity index (χ1n) is 5.90. The maximum atomic E-state index is 12.3. The molecule has 7 heteroatoms. The van der Waals surface area contributed by atoms with Gasteiger partial charge in [-0.1, -0.05) is 12.1 Å². The molecule has 0 atom stereocenters. The summed E-state index contributed by atoms with van der Waals surface area (Å²) < 4.78 is 32.2. The number of sulfonamides is 1. The van der Waals surface area contributed by atoms with Crippen LogP contribution in [0.15, 0.2) is 58.4 Å². The summed E-state index contributed by atoms with van der Waals surface area (Å²) in [6.07, 6.45) is 0. The molecule has 0 aliphatic rings. The Bertz CT molecular complexity index is 780. The number of nitrogens with one attached hydrogen (secondary N) is 1. The third kappa shape index (κ3) is 3.66. The van der Waals surface area contributed by atoms with Crippen molar-refractivity contribution in [2.75, 3.05) is 11.8 Å². The minimum atomic E-state index is -3.70. The number of isothiocyanates is 1. The molecule has 0 aromatic heterocycles. The molecule has 108 valence electrons. The summed E-state index contributed by atoms with van der Waals surface area (Å²) in [4.78, 5) is 3.89. The lowest BCUT2D eigenvalue weighted by Gasteiger charge is -2.11. The zero-order valence-electron chi connectivity index (χ0n) is 11.1. The van der Waals surface area contributed by atoms with Crippen LogP contribution >= 0.6 is 12.2 Å². The lowest BCUT2D eigenvalue weighted by atomic mass is 10.3. The van der Waals surface area contributed by atoms with E-state index in [4.69, 9.17) is 4.74 Å². The molecular weight excluding hydrogens is 308 g/mol. The van der Waals surface area contributed by atoms with Crippen molar-refractivity contribution in [3.05, 3.63) is 48.5 Å². The van der Waals surface area contributed by atoms with Crippen molar-refractivity contribution in [1.82, 2.24) is 0 Å². The second-order valence-electron chi connectivity index (χ2n) is 4.00. The van der Waals surface area contributed by atoms with Gasteiger partial charge >= 0.3 is 0 Å². The number of ether oxygens (including phenoxy) is 1. The Labute approximate surface area is 128 Å². The molecule has 0 saturated heterocycles. The van der Waals surface area contributed by atoms with E-state index < -0.39 is 10.0 Å². The second kappa shape index (κ2) is 6.49. The fraction of sp³-hybridized carbons (Fsp3) is 0.0714. The van der Waals surface area contributed by atoms with Gasteiger partial charge in [-0.2, -0.15) is 4.99 Å². The van der Waals surface area contributed by atoms with Gasteiger partial charge in [0.05, 0.1) is 28.5 Å². The van der Waals surface area contributed by atoms with Crippen LogP contribution in [0.1, 0.15) is 0 Å². The summed E-state index contributed by atoms with van der Waals surface area (Å²) >= 11 is 4.49. The molecule has 0 aliphatic heterocycles. The van der Waals surface area contributed by atoms with Crippen molar-refractivity contribution in [1.29, 1.82) is 0 Å². The minimum absolute atomic E-state index is 0.122. The maximum Gasteiger partial charge on any atom is 0.262 e. The average molecular weight is 320 g/mol. The number of aliphatic imine (C=N–C) groups is 1. The minimum Gasteiger partial charge on any atom is -0.495 e. The van der Waals surface area contributed by atoms with Crippen molar-refractivity contribution in [3.8, 4) is 5.75 Å². The van der Waals surface area contributed by atoms with Crippen molar-refractivity contribution >= 4 is 38.8 Å². The monoisotopic (exact) mass is 320 g/mol. The quantitative estimate of drug-likeness (QED) is 0.678. The molecule has 2 aromatic rings. The molecule has 5 nitrogen and oxygen atoms in total. The molecule has 0 saturated carbocycles. The summed E-state index contributed by atoms with van der Waals surface area (Å²) in [6, 6.07) is 12.8. The molecule has 0 radical (unpaired) electrons. The van der Waals surface area contributed by atoms with Crippen LogP contribution < -0.4 is 9.46 Å². The van der Waals surface area contributed by atoms with Crippen LogP contribution in [0.3, 0.4) is 0 Å². The fourth-order valence-corrected chi connectivity index (χ4v) is 2.86. The number of methoxy groups -OCH3 is 1. The topological polar surface area (TPSA) is 67.8 Å². The molecule has 0 bridgehead atoms. The number of anilines is 1. The lowest BCUT2D eigenvalue weighted by Crippen LogP contribution is -2.13. The van der Waals surface area contributed by atoms with E-state index >= 15 is 0 Å². The van der Waals surface area contributed by atoms with E-state index in [0.717, 1.165) is 0 Å². The average Bonchev–Trinajstić information content (AvgIpc) is 2.48. The molecule has 21 heavy (non-hydrogen) atoms. The van der Waals surface area contributed by atoms with Crippen LogP contribution in [0.4, 0.5) is 11.4 Å². The first kappa shape index (κ1) is 15.2. The van der Waals surface area contributed by atoms with E-state index in [-0.39, 0.29) is 4.90 Å². The third-order valence-corrected chi connectivity index (χ3v) is 4.15. The Balaban J connectivity index is 2.31. The molecule has 0 fully saturated rings. The van der Waals surface area contributed by atoms with Gasteiger partial charge in [-0.3, -0.25) is 4.72 Å². The molecule has 0 amide bonds. The highest BCUT2D eigenvalue weighted by molar-refractivity contribution is 7.92. The van der Waals surface area contributed by atoms with Crippen LogP contribution in [0.5, 0.6) is 5.75 Å². The molecule has 2 rings (SSSR count). The predicted molar refractivity (Wildman–Crippen MR) is 84.9 cm³/mol. The van der Waals surface area contributed by atoms with Crippen LogP contribution in [0.2, 0.25) is 0 Å². The highest BCUT2D eigenvalue weighted by atomic mass is 32.2. The van der Waals surface area contributed by atoms with E-state index in [1.54, 1.807) is 36.4 Å². The number of rotatable bonds is 5. The Kier molecular flexibility index (Phi) is 4.70. The van der Waals surface area contributed by atoms with E-state index in [9.17, 15) is 8.42 Å². The van der Waals surface area contributed by atoms with Crippen LogP contribution in [0, 0.1) is 0 Å². The summed E-state index contributed by atoms with van der Waals surface area (Å²) in [5.41, 5.74) is 0.919. The second-order valence-corrected chi connectivity index (χ2v) is 5.87. The van der Waals surface area contributed by atoms with Gasteiger partial charge in [0.25, 0.3) is 10.0 Å². The largest absolute Gasteiger partial charge is 0.495 e. The number of thiocarbonyl (C=S) groups is 1. The SMILES string of the molecule is COc1ccccc1NS(=O)(=O)c1ccc(N=C=S)cc1. The molecule has 0 spiro atoms. The van der Waals surface area contributed by atoms with E-state index in [0.29, 0.717) is 17.1 Å². The predicted octanol–water partition coefficient (Wildman–Crippen LogP) is 3.23. The molecule has 0 heterocycles. The highest BCUT2D eigenvalue weighted by Gasteiger charge is 2.16.